The van der Waals surface area contributed by atoms with Gasteiger partial charge in [0.1, 0.15) is 5.82 Å². The van der Waals surface area contributed by atoms with Crippen LogP contribution in [0.25, 0.3) is 0 Å². The van der Waals surface area contributed by atoms with E-state index in [0.717, 1.165) is 31.0 Å². The van der Waals surface area contributed by atoms with Gasteiger partial charge in [0, 0.05) is 39.1 Å². The van der Waals surface area contributed by atoms with Crippen molar-refractivity contribution in [3.8, 4) is 0 Å². The Morgan fingerprint density at radius 2 is 2.13 bits per heavy atom. The summed E-state index contributed by atoms with van der Waals surface area (Å²) in [4.78, 5) is 22.7. The number of carbonyl (C=O) groups excluding carboxylic acids is 1. The normalized spacial score (nSPS) is 20.4. The molecule has 3 N–H and O–H groups in total. The Morgan fingerprint density at radius 1 is 1.40 bits per heavy atom. The second-order valence-electron chi connectivity index (χ2n) is 7.65. The number of aromatic nitrogens is 2. The molecule has 1 amide bonds. The lowest BCUT2D eigenvalue weighted by atomic mass is 9.93. The van der Waals surface area contributed by atoms with Crippen LogP contribution in [0.2, 0.25) is 0 Å². The molecule has 2 aromatic rings. The van der Waals surface area contributed by atoms with Crippen molar-refractivity contribution in [1.82, 2.24) is 19.8 Å². The van der Waals surface area contributed by atoms with Crippen LogP contribution in [-0.2, 0) is 11.2 Å². The average Bonchev–Trinajstić information content (AvgIpc) is 3.24. The predicted molar refractivity (Wildman–Crippen MR) is 126 cm³/mol. The van der Waals surface area contributed by atoms with Gasteiger partial charge in [0.2, 0.25) is 5.91 Å². The second kappa shape index (κ2) is 11.3. The Kier molecular flexibility index (Phi) is 9.07. The van der Waals surface area contributed by atoms with Gasteiger partial charge in [-0.15, -0.1) is 24.0 Å². The number of nitrogens with one attached hydrogen (secondary N) is 1. The molecular formula is C21H30FIN6O. The number of benzene rings is 1. The number of amides is 1. The van der Waals surface area contributed by atoms with Gasteiger partial charge in [0.15, 0.2) is 5.96 Å². The molecule has 0 radical (unpaired) electrons. The third-order valence-corrected chi connectivity index (χ3v) is 5.64. The summed E-state index contributed by atoms with van der Waals surface area (Å²) in [6.07, 6.45) is 7.14. The Morgan fingerprint density at radius 3 is 2.73 bits per heavy atom. The van der Waals surface area contributed by atoms with Crippen molar-refractivity contribution in [2.24, 2.45) is 22.6 Å². The van der Waals surface area contributed by atoms with Crippen LogP contribution >= 0.6 is 24.0 Å². The highest BCUT2D eigenvalue weighted by Gasteiger charge is 2.29. The minimum Gasteiger partial charge on any atom is -0.369 e. The topological polar surface area (TPSA) is 88.5 Å². The quantitative estimate of drug-likeness (QED) is 0.343. The fourth-order valence-electron chi connectivity index (χ4n) is 3.82. The highest BCUT2D eigenvalue weighted by Crippen LogP contribution is 2.27. The Hall–Kier alpha value is -2.17. The summed E-state index contributed by atoms with van der Waals surface area (Å²) >= 11 is 0. The van der Waals surface area contributed by atoms with Crippen LogP contribution < -0.4 is 11.1 Å². The number of primary amides is 1. The van der Waals surface area contributed by atoms with Gasteiger partial charge in [-0.2, -0.15) is 0 Å². The van der Waals surface area contributed by atoms with Crippen LogP contribution in [0.3, 0.4) is 0 Å². The average molecular weight is 528 g/mol. The minimum atomic E-state index is -0.412. The van der Waals surface area contributed by atoms with Gasteiger partial charge in [-0.25, -0.2) is 9.37 Å². The van der Waals surface area contributed by atoms with Crippen LogP contribution in [0.1, 0.15) is 24.9 Å². The molecule has 3 atom stereocenters. The maximum atomic E-state index is 13.1. The molecule has 7 nitrogen and oxygen atoms in total. The van der Waals surface area contributed by atoms with Crippen molar-refractivity contribution in [2.45, 2.75) is 25.8 Å². The summed E-state index contributed by atoms with van der Waals surface area (Å²) in [6, 6.07) is 6.47. The Bertz CT molecular complexity index is 827. The molecule has 0 spiro atoms. The smallest absolute Gasteiger partial charge is 0.222 e. The number of imidazole rings is 1. The number of piperidine rings is 1. The maximum absolute atomic E-state index is 13.1. The highest BCUT2D eigenvalue weighted by atomic mass is 127. The Balaban J connectivity index is 0.00000320. The zero-order chi connectivity index (χ0) is 20.8. The molecule has 1 aromatic heterocycles. The molecule has 3 unspecified atom stereocenters. The lowest BCUT2D eigenvalue weighted by Gasteiger charge is -2.39. The second-order valence-corrected chi connectivity index (χ2v) is 7.65. The van der Waals surface area contributed by atoms with Gasteiger partial charge in [0.25, 0.3) is 0 Å². The maximum Gasteiger partial charge on any atom is 0.222 e. The monoisotopic (exact) mass is 528 g/mol. The summed E-state index contributed by atoms with van der Waals surface area (Å²) in [7, 11) is 1.74. The highest BCUT2D eigenvalue weighted by molar-refractivity contribution is 14.0. The van der Waals surface area contributed by atoms with E-state index in [1.165, 1.54) is 12.1 Å². The fraction of sp³-hybridized carbons (Fsp3) is 0.476. The van der Waals surface area contributed by atoms with E-state index in [-0.39, 0.29) is 35.7 Å². The summed E-state index contributed by atoms with van der Waals surface area (Å²) < 4.78 is 15.3. The number of rotatable bonds is 6. The summed E-state index contributed by atoms with van der Waals surface area (Å²) in [6.45, 7) is 4.34. The number of likely N-dealkylation sites (tertiary alicyclic amines) is 1. The number of hydrogen-bond donors (Lipinski definition) is 2. The van der Waals surface area contributed by atoms with Crippen LogP contribution in [0.5, 0.6) is 0 Å². The number of guanidine groups is 1. The van der Waals surface area contributed by atoms with Crippen LogP contribution in [-0.4, -0.2) is 53.0 Å². The van der Waals surface area contributed by atoms with E-state index in [1.807, 2.05) is 12.5 Å². The lowest BCUT2D eigenvalue weighted by molar-refractivity contribution is -0.121. The molecule has 164 valence electrons. The summed E-state index contributed by atoms with van der Waals surface area (Å²) in [5.74, 6) is 0.198. The lowest BCUT2D eigenvalue weighted by Crippen LogP contribution is -2.50. The molecule has 9 heteroatoms. The first kappa shape index (κ1) is 24.1. The summed E-state index contributed by atoms with van der Waals surface area (Å²) in [5, 5.41) is 3.31. The molecule has 1 aromatic carbocycles. The summed E-state index contributed by atoms with van der Waals surface area (Å²) in [5.41, 5.74) is 6.48. The van der Waals surface area contributed by atoms with Crippen LogP contribution in [0, 0.1) is 17.7 Å². The number of aliphatic imine (C=N–C) groups is 1. The van der Waals surface area contributed by atoms with Crippen molar-refractivity contribution in [2.75, 3.05) is 26.7 Å². The molecule has 0 bridgehead atoms. The number of nitrogens with zero attached hydrogens (tertiary/aromatic N) is 4. The molecule has 3 rings (SSSR count). The molecule has 30 heavy (non-hydrogen) atoms. The minimum absolute atomic E-state index is 0. The zero-order valence-corrected chi connectivity index (χ0v) is 19.7. The van der Waals surface area contributed by atoms with E-state index in [1.54, 1.807) is 25.4 Å². The van der Waals surface area contributed by atoms with Crippen molar-refractivity contribution in [3.05, 3.63) is 54.4 Å². The first-order valence-electron chi connectivity index (χ1n) is 9.94. The molecule has 1 fully saturated rings. The number of nitrogens with two attached hydrogens (primary N) is 1. The molecule has 0 saturated carbocycles. The van der Waals surface area contributed by atoms with Gasteiger partial charge in [0.05, 0.1) is 18.3 Å². The van der Waals surface area contributed by atoms with Gasteiger partial charge >= 0.3 is 0 Å². The third-order valence-electron chi connectivity index (χ3n) is 5.64. The Labute approximate surface area is 194 Å². The van der Waals surface area contributed by atoms with E-state index in [9.17, 15) is 9.18 Å². The fourth-order valence-corrected chi connectivity index (χ4v) is 3.82. The zero-order valence-electron chi connectivity index (χ0n) is 17.4. The molecule has 1 aliphatic rings. The number of halogens is 2. The van der Waals surface area contributed by atoms with E-state index in [4.69, 9.17) is 5.73 Å². The molecule has 1 aliphatic heterocycles. The molecule has 1 saturated heterocycles. The van der Waals surface area contributed by atoms with Gasteiger partial charge < -0.3 is 20.5 Å². The first-order valence-corrected chi connectivity index (χ1v) is 9.94. The van der Waals surface area contributed by atoms with E-state index < -0.39 is 5.92 Å². The molecule has 0 aliphatic carbocycles. The largest absolute Gasteiger partial charge is 0.369 e. The number of hydrogen-bond acceptors (Lipinski definition) is 3. The molecular weight excluding hydrogens is 498 g/mol. The van der Waals surface area contributed by atoms with Crippen LogP contribution in [0.15, 0.2) is 48.0 Å². The van der Waals surface area contributed by atoms with E-state index in [0.29, 0.717) is 24.9 Å². The molecule has 2 heterocycles. The van der Waals surface area contributed by atoms with E-state index in [2.05, 4.69) is 31.7 Å². The predicted octanol–water partition coefficient (Wildman–Crippen LogP) is 2.44. The SMILES string of the molecule is CN=C(NCC(Cc1ccc(F)cc1)C(N)=O)N1CCC(C)C(n2ccnc2)C1.I. The standard InChI is InChI=1S/C21H29FN6O.HI/c1-15-7-9-27(13-19(15)28-10-8-25-14-28)21(24-2)26-12-17(20(23)29)11-16-3-5-18(22)6-4-16;/h3-6,8,10,14-15,17,19H,7,9,11-13H2,1-2H3,(H2,23,29)(H,24,26);1H. The van der Waals surface area contributed by atoms with Crippen molar-refractivity contribution >= 4 is 35.8 Å². The van der Waals surface area contributed by atoms with Crippen molar-refractivity contribution in [1.29, 1.82) is 0 Å². The van der Waals surface area contributed by atoms with Crippen LogP contribution in [0.4, 0.5) is 4.39 Å². The number of carbonyl (C=O) groups is 1. The van der Waals surface area contributed by atoms with Crippen molar-refractivity contribution in [3.63, 3.8) is 0 Å². The van der Waals surface area contributed by atoms with Gasteiger partial charge in [-0.1, -0.05) is 19.1 Å². The van der Waals surface area contributed by atoms with Crippen molar-refractivity contribution < 1.29 is 9.18 Å². The van der Waals surface area contributed by atoms with Gasteiger partial charge in [-0.05, 0) is 36.5 Å². The third kappa shape index (κ3) is 6.16. The van der Waals surface area contributed by atoms with Gasteiger partial charge in [-0.3, -0.25) is 9.79 Å². The first-order chi connectivity index (χ1) is 14.0. The van der Waals surface area contributed by atoms with E-state index >= 15 is 0 Å².